The van der Waals surface area contributed by atoms with Crippen molar-refractivity contribution in [1.29, 1.82) is 0 Å². The zero-order valence-electron chi connectivity index (χ0n) is 12.4. The molecule has 0 bridgehead atoms. The van der Waals surface area contributed by atoms with Gasteiger partial charge in [-0.2, -0.15) is 0 Å². The largest absolute Gasteiger partial charge is 0.325 e. The van der Waals surface area contributed by atoms with Crippen LogP contribution in [0, 0.1) is 13.8 Å². The monoisotopic (exact) mass is 322 g/mol. The van der Waals surface area contributed by atoms with Gasteiger partial charge < -0.3 is 5.32 Å². The number of nitrogens with zero attached hydrogens (tertiary/aromatic N) is 2. The summed E-state index contributed by atoms with van der Waals surface area (Å²) in [5.41, 5.74) is 3.09. The van der Waals surface area contributed by atoms with Crippen LogP contribution < -0.4 is 10.6 Å². The van der Waals surface area contributed by atoms with E-state index in [1.165, 1.54) is 16.9 Å². The van der Waals surface area contributed by atoms with Crippen LogP contribution in [0.15, 0.2) is 22.5 Å². The number of thioether (sulfide) groups is 1. The summed E-state index contributed by atoms with van der Waals surface area (Å²) in [6, 6.07) is 5.49. The molecule has 0 aliphatic heterocycles. The zero-order valence-corrected chi connectivity index (χ0v) is 14.1. The molecule has 0 fully saturated rings. The predicted octanol–water partition coefficient (Wildman–Crippen LogP) is 4.30. The van der Waals surface area contributed by atoms with Crippen molar-refractivity contribution < 1.29 is 4.79 Å². The van der Waals surface area contributed by atoms with Crippen LogP contribution in [-0.4, -0.2) is 21.5 Å². The van der Waals surface area contributed by atoms with Crippen molar-refractivity contribution in [2.24, 2.45) is 0 Å². The van der Waals surface area contributed by atoms with Gasteiger partial charge in [0.25, 0.3) is 0 Å². The Labute approximate surface area is 132 Å². The highest BCUT2D eigenvalue weighted by atomic mass is 32.2. The first-order valence-electron chi connectivity index (χ1n) is 6.59. The van der Waals surface area contributed by atoms with Crippen LogP contribution in [0.25, 0.3) is 0 Å². The molecule has 0 unspecified atom stereocenters. The van der Waals surface area contributed by atoms with Gasteiger partial charge in [0.05, 0.1) is 0 Å². The Kier molecular flexibility index (Phi) is 5.19. The third-order valence-corrected chi connectivity index (χ3v) is 4.65. The second-order valence-corrected chi connectivity index (χ2v) is 7.72. The third kappa shape index (κ3) is 4.71. The number of amides is 2. The summed E-state index contributed by atoms with van der Waals surface area (Å²) >= 11 is 3.00. The molecule has 0 saturated heterocycles. The molecule has 1 aromatic carbocycles. The molecular weight excluding hydrogens is 304 g/mol. The van der Waals surface area contributed by atoms with Crippen molar-refractivity contribution in [3.63, 3.8) is 0 Å². The second kappa shape index (κ2) is 6.91. The normalized spacial score (nSPS) is 10.7. The molecule has 2 aromatic rings. The van der Waals surface area contributed by atoms with E-state index in [1.807, 2.05) is 32.0 Å². The van der Waals surface area contributed by atoms with Crippen molar-refractivity contribution in [1.82, 2.24) is 10.2 Å². The Hall–Kier alpha value is -1.60. The van der Waals surface area contributed by atoms with Gasteiger partial charge in [-0.15, -0.1) is 10.2 Å². The van der Waals surface area contributed by atoms with Crippen LogP contribution in [0.5, 0.6) is 0 Å². The number of carbonyl (C=O) groups is 1. The van der Waals surface area contributed by atoms with E-state index >= 15 is 0 Å². The predicted molar refractivity (Wildman–Crippen MR) is 89.5 cm³/mol. The number of aryl methyl sites for hydroxylation is 2. The van der Waals surface area contributed by atoms with Gasteiger partial charge in [-0.05, 0) is 37.1 Å². The van der Waals surface area contributed by atoms with E-state index < -0.39 is 0 Å². The Morgan fingerprint density at radius 1 is 1.19 bits per heavy atom. The van der Waals surface area contributed by atoms with Gasteiger partial charge in [0.2, 0.25) is 5.13 Å². The van der Waals surface area contributed by atoms with Gasteiger partial charge in [-0.1, -0.05) is 43.0 Å². The van der Waals surface area contributed by atoms with Gasteiger partial charge in [0.15, 0.2) is 4.34 Å². The number of rotatable bonds is 4. The summed E-state index contributed by atoms with van der Waals surface area (Å²) in [7, 11) is 0. The lowest BCUT2D eigenvalue weighted by Crippen LogP contribution is -2.19. The van der Waals surface area contributed by atoms with Gasteiger partial charge in [-0.3, -0.25) is 5.32 Å². The number of urea groups is 1. The number of benzene rings is 1. The average Bonchev–Trinajstić information content (AvgIpc) is 2.80. The highest BCUT2D eigenvalue weighted by Gasteiger charge is 2.10. The van der Waals surface area contributed by atoms with E-state index in [4.69, 9.17) is 0 Å². The fourth-order valence-corrected chi connectivity index (χ4v) is 3.56. The summed E-state index contributed by atoms with van der Waals surface area (Å²) in [5, 5.41) is 14.4. The molecule has 2 amide bonds. The van der Waals surface area contributed by atoms with Crippen LogP contribution in [0.3, 0.4) is 0 Å². The van der Waals surface area contributed by atoms with E-state index in [9.17, 15) is 4.79 Å². The number of hydrogen-bond acceptors (Lipinski definition) is 5. The lowest BCUT2D eigenvalue weighted by atomic mass is 10.1. The maximum atomic E-state index is 11.9. The highest BCUT2D eigenvalue weighted by molar-refractivity contribution is 8.01. The minimum absolute atomic E-state index is 0.310. The molecule has 2 N–H and O–H groups in total. The van der Waals surface area contributed by atoms with Gasteiger partial charge in [0, 0.05) is 10.9 Å². The molecule has 1 aromatic heterocycles. The standard InChI is InChI=1S/C14H18N4OS2/c1-8(2)20-14-18-17-13(21-14)16-12(19)15-11-6-5-9(3)10(4)7-11/h5-8H,1-4H3,(H2,15,16,17,19). The topological polar surface area (TPSA) is 66.9 Å². The maximum absolute atomic E-state index is 11.9. The fraction of sp³-hybridized carbons (Fsp3) is 0.357. The SMILES string of the molecule is Cc1ccc(NC(=O)Nc2nnc(SC(C)C)s2)cc1C. The molecular formula is C14H18N4OS2. The molecule has 2 rings (SSSR count). The molecule has 0 aliphatic carbocycles. The van der Waals surface area contributed by atoms with Crippen molar-refractivity contribution in [3.05, 3.63) is 29.3 Å². The minimum Gasteiger partial charge on any atom is -0.308 e. The zero-order chi connectivity index (χ0) is 15.4. The number of hydrogen-bond donors (Lipinski definition) is 2. The highest BCUT2D eigenvalue weighted by Crippen LogP contribution is 2.28. The maximum Gasteiger partial charge on any atom is 0.325 e. The van der Waals surface area contributed by atoms with E-state index in [1.54, 1.807) is 11.8 Å². The minimum atomic E-state index is -0.310. The first-order chi connectivity index (χ1) is 9.94. The van der Waals surface area contributed by atoms with E-state index in [0.29, 0.717) is 10.4 Å². The number of anilines is 2. The molecule has 5 nitrogen and oxygen atoms in total. The van der Waals surface area contributed by atoms with Gasteiger partial charge in [0.1, 0.15) is 0 Å². The molecule has 0 spiro atoms. The summed E-state index contributed by atoms with van der Waals surface area (Å²) < 4.78 is 0.853. The first-order valence-corrected chi connectivity index (χ1v) is 8.29. The van der Waals surface area contributed by atoms with Gasteiger partial charge >= 0.3 is 6.03 Å². The Morgan fingerprint density at radius 2 is 1.95 bits per heavy atom. The molecule has 1 heterocycles. The molecule has 0 atom stereocenters. The quantitative estimate of drug-likeness (QED) is 0.650. The lowest BCUT2D eigenvalue weighted by Gasteiger charge is -2.07. The number of carbonyl (C=O) groups excluding carboxylic acids is 1. The molecule has 21 heavy (non-hydrogen) atoms. The van der Waals surface area contributed by atoms with Crippen LogP contribution >= 0.6 is 23.1 Å². The molecule has 0 saturated carbocycles. The third-order valence-electron chi connectivity index (χ3n) is 2.73. The van der Waals surface area contributed by atoms with Crippen LogP contribution in [0.2, 0.25) is 0 Å². The second-order valence-electron chi connectivity index (χ2n) is 4.92. The Balaban J connectivity index is 1.95. The van der Waals surface area contributed by atoms with Crippen molar-refractivity contribution in [2.75, 3.05) is 10.6 Å². The van der Waals surface area contributed by atoms with Crippen molar-refractivity contribution in [2.45, 2.75) is 37.3 Å². The van der Waals surface area contributed by atoms with Crippen LogP contribution in [-0.2, 0) is 0 Å². The Morgan fingerprint density at radius 3 is 2.62 bits per heavy atom. The molecule has 112 valence electrons. The van der Waals surface area contributed by atoms with E-state index in [2.05, 4.69) is 34.7 Å². The summed E-state index contributed by atoms with van der Waals surface area (Å²) in [4.78, 5) is 11.9. The average molecular weight is 322 g/mol. The van der Waals surface area contributed by atoms with Crippen LogP contribution in [0.1, 0.15) is 25.0 Å². The number of aromatic nitrogens is 2. The van der Waals surface area contributed by atoms with E-state index in [-0.39, 0.29) is 6.03 Å². The number of nitrogens with one attached hydrogen (secondary N) is 2. The first kappa shape index (κ1) is 15.8. The summed E-state index contributed by atoms with van der Waals surface area (Å²) in [6.07, 6.45) is 0. The van der Waals surface area contributed by atoms with E-state index in [0.717, 1.165) is 15.6 Å². The summed E-state index contributed by atoms with van der Waals surface area (Å²) in [5.74, 6) is 0. The molecule has 7 heteroatoms. The van der Waals surface area contributed by atoms with Crippen molar-refractivity contribution in [3.8, 4) is 0 Å². The summed E-state index contributed by atoms with van der Waals surface area (Å²) in [6.45, 7) is 8.23. The fourth-order valence-electron chi connectivity index (χ4n) is 1.59. The van der Waals surface area contributed by atoms with Gasteiger partial charge in [-0.25, -0.2) is 4.79 Å². The Bertz CT molecular complexity index is 640. The lowest BCUT2D eigenvalue weighted by molar-refractivity contribution is 0.262. The molecule has 0 aliphatic rings. The molecule has 0 radical (unpaired) electrons. The van der Waals surface area contributed by atoms with Crippen LogP contribution in [0.4, 0.5) is 15.6 Å². The smallest absolute Gasteiger partial charge is 0.308 e. The van der Waals surface area contributed by atoms with Crippen molar-refractivity contribution >= 4 is 39.9 Å².